The molecule has 0 aromatic carbocycles. The summed E-state index contributed by atoms with van der Waals surface area (Å²) in [6.45, 7) is 2.29. The summed E-state index contributed by atoms with van der Waals surface area (Å²) < 4.78 is 2.13. The summed E-state index contributed by atoms with van der Waals surface area (Å²) in [6, 6.07) is 0.499. The van der Waals surface area contributed by atoms with E-state index in [0.29, 0.717) is 6.04 Å². The summed E-state index contributed by atoms with van der Waals surface area (Å²) in [7, 11) is 0. The van der Waals surface area contributed by atoms with Gasteiger partial charge in [0.15, 0.2) is 0 Å². The van der Waals surface area contributed by atoms with Gasteiger partial charge in [-0.3, -0.25) is 0 Å². The molecule has 2 heterocycles. The number of aliphatic hydroxyl groups is 1. The Morgan fingerprint density at radius 1 is 1.64 bits per heavy atom. The molecule has 5 heteroatoms. The fourth-order valence-electron chi connectivity index (χ4n) is 1.86. The maximum Gasteiger partial charge on any atom is 0.133 e. The Balaban J connectivity index is 2.04. The molecule has 1 aromatic heterocycles. The van der Waals surface area contributed by atoms with E-state index in [2.05, 4.69) is 20.1 Å². The largest absolute Gasteiger partial charge is 0.396 e. The molecule has 0 aliphatic carbocycles. The van der Waals surface area contributed by atoms with Crippen molar-refractivity contribution in [2.75, 3.05) is 19.7 Å². The van der Waals surface area contributed by atoms with Gasteiger partial charge < -0.3 is 15.0 Å². The second kappa shape index (κ2) is 4.52. The summed E-state index contributed by atoms with van der Waals surface area (Å²) >= 11 is 0. The molecule has 1 unspecified atom stereocenters. The number of aliphatic hydroxyl groups excluding tert-OH is 1. The van der Waals surface area contributed by atoms with E-state index >= 15 is 0 Å². The minimum atomic E-state index is 0.218. The topological polar surface area (TPSA) is 63.0 Å². The fourth-order valence-corrected chi connectivity index (χ4v) is 1.86. The fraction of sp³-hybridized carbons (Fsp3) is 0.778. The SMILES string of the molecule is OCCCc1nncn1C1CCNC1. The monoisotopic (exact) mass is 196 g/mol. The lowest BCUT2D eigenvalue weighted by molar-refractivity contribution is 0.286. The molecule has 2 rings (SSSR count). The Morgan fingerprint density at radius 2 is 2.57 bits per heavy atom. The van der Waals surface area contributed by atoms with Gasteiger partial charge in [-0.05, 0) is 19.4 Å². The van der Waals surface area contributed by atoms with Crippen LogP contribution in [-0.2, 0) is 6.42 Å². The van der Waals surface area contributed by atoms with Crippen LogP contribution < -0.4 is 5.32 Å². The molecule has 0 radical (unpaired) electrons. The second-order valence-corrected chi connectivity index (χ2v) is 3.63. The number of aryl methyl sites for hydroxylation is 1. The number of hydrogen-bond acceptors (Lipinski definition) is 4. The second-order valence-electron chi connectivity index (χ2n) is 3.63. The molecule has 0 bridgehead atoms. The van der Waals surface area contributed by atoms with E-state index in [-0.39, 0.29) is 6.61 Å². The summed E-state index contributed by atoms with van der Waals surface area (Å²) in [5, 5.41) is 20.1. The van der Waals surface area contributed by atoms with Crippen LogP contribution in [0, 0.1) is 0 Å². The smallest absolute Gasteiger partial charge is 0.133 e. The summed E-state index contributed by atoms with van der Waals surface area (Å²) in [6.07, 6.45) is 4.51. The minimum absolute atomic E-state index is 0.218. The predicted octanol–water partition coefficient (Wildman–Crippen LogP) is -0.263. The zero-order chi connectivity index (χ0) is 9.80. The first-order valence-electron chi connectivity index (χ1n) is 5.12. The molecule has 1 saturated heterocycles. The first kappa shape index (κ1) is 9.61. The van der Waals surface area contributed by atoms with Crippen LogP contribution in [0.25, 0.3) is 0 Å². The molecular formula is C9H16N4O. The third-order valence-electron chi connectivity index (χ3n) is 2.63. The molecule has 2 N–H and O–H groups in total. The van der Waals surface area contributed by atoms with Gasteiger partial charge in [0, 0.05) is 25.6 Å². The van der Waals surface area contributed by atoms with E-state index in [1.54, 1.807) is 6.33 Å². The lowest BCUT2D eigenvalue weighted by Crippen LogP contribution is -2.15. The predicted molar refractivity (Wildman–Crippen MR) is 52.0 cm³/mol. The Labute approximate surface area is 83.2 Å². The molecular weight excluding hydrogens is 180 g/mol. The number of nitrogens with zero attached hydrogens (tertiary/aromatic N) is 3. The van der Waals surface area contributed by atoms with Crippen LogP contribution in [0.1, 0.15) is 24.7 Å². The average Bonchev–Trinajstić information content (AvgIpc) is 2.84. The highest BCUT2D eigenvalue weighted by Gasteiger charge is 2.18. The van der Waals surface area contributed by atoms with Gasteiger partial charge in [0.25, 0.3) is 0 Å². The van der Waals surface area contributed by atoms with E-state index < -0.39 is 0 Å². The number of rotatable bonds is 4. The van der Waals surface area contributed by atoms with Crippen molar-refractivity contribution in [1.29, 1.82) is 0 Å². The Hall–Kier alpha value is -0.940. The first-order chi connectivity index (χ1) is 6.92. The van der Waals surface area contributed by atoms with Crippen LogP contribution in [0.5, 0.6) is 0 Å². The van der Waals surface area contributed by atoms with E-state index in [0.717, 1.165) is 38.2 Å². The Kier molecular flexibility index (Phi) is 3.10. The van der Waals surface area contributed by atoms with Crippen molar-refractivity contribution in [3.63, 3.8) is 0 Å². The molecule has 78 valence electrons. The lowest BCUT2D eigenvalue weighted by Gasteiger charge is -2.12. The zero-order valence-corrected chi connectivity index (χ0v) is 8.19. The van der Waals surface area contributed by atoms with Crippen LogP contribution >= 0.6 is 0 Å². The Bertz CT molecular complexity index is 280. The van der Waals surface area contributed by atoms with E-state index in [1.165, 1.54) is 0 Å². The van der Waals surface area contributed by atoms with Crippen molar-refractivity contribution >= 4 is 0 Å². The summed E-state index contributed by atoms with van der Waals surface area (Å²) in [4.78, 5) is 0. The minimum Gasteiger partial charge on any atom is -0.396 e. The van der Waals surface area contributed by atoms with Gasteiger partial charge >= 0.3 is 0 Å². The van der Waals surface area contributed by atoms with Gasteiger partial charge in [-0.15, -0.1) is 10.2 Å². The van der Waals surface area contributed by atoms with Crippen molar-refractivity contribution in [2.24, 2.45) is 0 Å². The van der Waals surface area contributed by atoms with Crippen molar-refractivity contribution in [2.45, 2.75) is 25.3 Å². The normalized spacial score (nSPS) is 21.6. The van der Waals surface area contributed by atoms with Gasteiger partial charge in [0.05, 0.1) is 0 Å². The highest BCUT2D eigenvalue weighted by atomic mass is 16.2. The van der Waals surface area contributed by atoms with Crippen LogP contribution in [0.2, 0.25) is 0 Å². The van der Waals surface area contributed by atoms with Gasteiger partial charge in [-0.25, -0.2) is 0 Å². The molecule has 5 nitrogen and oxygen atoms in total. The molecule has 1 aliphatic rings. The standard InChI is InChI=1S/C9H16N4O/c14-5-1-2-9-12-11-7-13(9)8-3-4-10-6-8/h7-8,10,14H,1-6H2. The quantitative estimate of drug-likeness (QED) is 0.696. The van der Waals surface area contributed by atoms with E-state index in [4.69, 9.17) is 5.11 Å². The third-order valence-corrected chi connectivity index (χ3v) is 2.63. The van der Waals surface area contributed by atoms with Crippen LogP contribution in [0.15, 0.2) is 6.33 Å². The number of hydrogen-bond donors (Lipinski definition) is 2. The van der Waals surface area contributed by atoms with Crippen molar-refractivity contribution in [3.8, 4) is 0 Å². The molecule has 14 heavy (non-hydrogen) atoms. The molecule has 0 amide bonds. The van der Waals surface area contributed by atoms with E-state index in [1.807, 2.05) is 0 Å². The molecule has 0 saturated carbocycles. The number of nitrogens with one attached hydrogen (secondary N) is 1. The Morgan fingerprint density at radius 3 is 3.29 bits per heavy atom. The van der Waals surface area contributed by atoms with E-state index in [9.17, 15) is 0 Å². The van der Waals surface area contributed by atoms with Gasteiger partial charge in [0.1, 0.15) is 12.2 Å². The highest BCUT2D eigenvalue weighted by molar-refractivity contribution is 4.92. The molecule has 1 aromatic rings. The average molecular weight is 196 g/mol. The first-order valence-corrected chi connectivity index (χ1v) is 5.12. The van der Waals surface area contributed by atoms with Gasteiger partial charge in [-0.1, -0.05) is 0 Å². The zero-order valence-electron chi connectivity index (χ0n) is 8.19. The third kappa shape index (κ3) is 1.93. The maximum atomic E-state index is 8.75. The molecule has 1 aliphatic heterocycles. The maximum absolute atomic E-state index is 8.75. The summed E-state index contributed by atoms with van der Waals surface area (Å²) in [5.74, 6) is 0.993. The number of aromatic nitrogens is 3. The highest BCUT2D eigenvalue weighted by Crippen LogP contribution is 2.16. The van der Waals surface area contributed by atoms with Crippen LogP contribution in [0.4, 0.5) is 0 Å². The van der Waals surface area contributed by atoms with Gasteiger partial charge in [0.2, 0.25) is 0 Å². The summed E-state index contributed by atoms with van der Waals surface area (Å²) in [5.41, 5.74) is 0. The lowest BCUT2D eigenvalue weighted by atomic mass is 10.2. The van der Waals surface area contributed by atoms with Crippen molar-refractivity contribution in [3.05, 3.63) is 12.2 Å². The molecule has 1 atom stereocenters. The molecule has 1 fully saturated rings. The molecule has 0 spiro atoms. The van der Waals surface area contributed by atoms with Crippen LogP contribution in [-0.4, -0.2) is 39.6 Å². The van der Waals surface area contributed by atoms with Crippen molar-refractivity contribution in [1.82, 2.24) is 20.1 Å². The van der Waals surface area contributed by atoms with Gasteiger partial charge in [-0.2, -0.15) is 0 Å². The van der Waals surface area contributed by atoms with Crippen molar-refractivity contribution < 1.29 is 5.11 Å². The van der Waals surface area contributed by atoms with Crippen LogP contribution in [0.3, 0.4) is 0 Å².